The van der Waals surface area contributed by atoms with Crippen LogP contribution >= 0.6 is 0 Å². The van der Waals surface area contributed by atoms with E-state index in [1.165, 1.54) is 0 Å². The second-order valence-corrected chi connectivity index (χ2v) is 10.8. The molecule has 0 aliphatic rings. The standard InChI is InChI=1S/C25H42N6/c1-9-30(18-24(4,5)6)16-23-28-14-11-21(29-23)15-25(7,8)19-31(20(2)3)17-22-26-12-10-13-27-22/h10-14,20H,9,15-19H2,1-8H3. The molecule has 0 spiro atoms. The van der Waals surface area contributed by atoms with Gasteiger partial charge < -0.3 is 0 Å². The van der Waals surface area contributed by atoms with Gasteiger partial charge >= 0.3 is 0 Å². The zero-order chi connectivity index (χ0) is 23.1. The van der Waals surface area contributed by atoms with Gasteiger partial charge in [0.1, 0.15) is 11.6 Å². The Morgan fingerprint density at radius 2 is 1.52 bits per heavy atom. The molecule has 0 N–H and O–H groups in total. The van der Waals surface area contributed by atoms with Crippen LogP contribution in [0.3, 0.4) is 0 Å². The minimum atomic E-state index is 0.0700. The van der Waals surface area contributed by atoms with Crippen molar-refractivity contribution in [3.05, 3.63) is 48.1 Å². The molecular weight excluding hydrogens is 384 g/mol. The maximum Gasteiger partial charge on any atom is 0.142 e. The fraction of sp³-hybridized carbons (Fsp3) is 0.680. The lowest BCUT2D eigenvalue weighted by Crippen LogP contribution is -2.40. The largest absolute Gasteiger partial charge is 0.296 e. The first-order valence-corrected chi connectivity index (χ1v) is 11.5. The molecule has 0 aliphatic carbocycles. The van der Waals surface area contributed by atoms with Gasteiger partial charge in [0.15, 0.2) is 0 Å². The Balaban J connectivity index is 2.05. The lowest BCUT2D eigenvalue weighted by molar-refractivity contribution is 0.132. The van der Waals surface area contributed by atoms with Crippen molar-refractivity contribution in [1.29, 1.82) is 0 Å². The molecule has 6 heteroatoms. The molecule has 2 aromatic heterocycles. The summed E-state index contributed by atoms with van der Waals surface area (Å²) >= 11 is 0. The first-order valence-electron chi connectivity index (χ1n) is 11.5. The van der Waals surface area contributed by atoms with E-state index in [0.717, 1.165) is 56.5 Å². The first-order chi connectivity index (χ1) is 14.5. The summed E-state index contributed by atoms with van der Waals surface area (Å²) in [4.78, 5) is 23.2. The van der Waals surface area contributed by atoms with Gasteiger partial charge in [0.2, 0.25) is 0 Å². The van der Waals surface area contributed by atoms with Crippen LogP contribution in [0.25, 0.3) is 0 Å². The quantitative estimate of drug-likeness (QED) is 0.523. The van der Waals surface area contributed by atoms with E-state index < -0.39 is 0 Å². The molecular formula is C25H42N6. The van der Waals surface area contributed by atoms with Gasteiger partial charge in [-0.2, -0.15) is 0 Å². The SMILES string of the molecule is CCN(Cc1nccc(CC(C)(C)CN(Cc2ncccn2)C(C)C)n1)CC(C)(C)C. The Morgan fingerprint density at radius 3 is 2.10 bits per heavy atom. The summed E-state index contributed by atoms with van der Waals surface area (Å²) in [6, 6.07) is 4.34. The molecule has 2 heterocycles. The van der Waals surface area contributed by atoms with E-state index in [9.17, 15) is 0 Å². The molecule has 2 rings (SSSR count). The third-order valence-electron chi connectivity index (χ3n) is 5.26. The number of rotatable bonds is 11. The Kier molecular flexibility index (Phi) is 9.07. The molecule has 6 nitrogen and oxygen atoms in total. The van der Waals surface area contributed by atoms with E-state index in [1.807, 2.05) is 24.7 Å². The van der Waals surface area contributed by atoms with E-state index >= 15 is 0 Å². The van der Waals surface area contributed by atoms with Crippen LogP contribution in [-0.4, -0.2) is 55.4 Å². The van der Waals surface area contributed by atoms with Crippen molar-refractivity contribution in [2.24, 2.45) is 10.8 Å². The van der Waals surface area contributed by atoms with Crippen LogP contribution in [0.1, 0.15) is 72.7 Å². The molecule has 0 fully saturated rings. The molecule has 0 saturated carbocycles. The van der Waals surface area contributed by atoms with Crippen molar-refractivity contribution in [1.82, 2.24) is 29.7 Å². The van der Waals surface area contributed by atoms with E-state index in [2.05, 4.69) is 86.2 Å². The number of hydrogen-bond acceptors (Lipinski definition) is 6. The maximum absolute atomic E-state index is 4.92. The summed E-state index contributed by atoms with van der Waals surface area (Å²) in [5.41, 5.74) is 1.44. The first kappa shape index (κ1) is 25.3. The molecule has 0 bridgehead atoms. The molecule has 0 amide bonds. The van der Waals surface area contributed by atoms with Crippen LogP contribution < -0.4 is 0 Å². The summed E-state index contributed by atoms with van der Waals surface area (Å²) < 4.78 is 0. The molecule has 0 unspecified atom stereocenters. The van der Waals surface area contributed by atoms with Gasteiger partial charge in [0, 0.05) is 43.4 Å². The average Bonchev–Trinajstić information content (AvgIpc) is 2.66. The molecule has 0 saturated heterocycles. The fourth-order valence-electron chi connectivity index (χ4n) is 3.88. The molecule has 0 aromatic carbocycles. The minimum Gasteiger partial charge on any atom is -0.296 e. The number of aromatic nitrogens is 4. The van der Waals surface area contributed by atoms with Crippen molar-refractivity contribution in [3.8, 4) is 0 Å². The third kappa shape index (κ3) is 9.40. The van der Waals surface area contributed by atoms with Gasteiger partial charge in [0.25, 0.3) is 0 Å². The van der Waals surface area contributed by atoms with Crippen LogP contribution in [0.15, 0.2) is 30.7 Å². The van der Waals surface area contributed by atoms with Gasteiger partial charge in [-0.1, -0.05) is 41.5 Å². The average molecular weight is 427 g/mol. The topological polar surface area (TPSA) is 58.0 Å². The predicted molar refractivity (Wildman–Crippen MR) is 128 cm³/mol. The van der Waals surface area contributed by atoms with Crippen LogP contribution in [0.4, 0.5) is 0 Å². The molecule has 172 valence electrons. The monoisotopic (exact) mass is 426 g/mol. The highest BCUT2D eigenvalue weighted by Crippen LogP contribution is 2.24. The van der Waals surface area contributed by atoms with Gasteiger partial charge in [-0.05, 0) is 49.8 Å². The van der Waals surface area contributed by atoms with E-state index in [1.54, 1.807) is 0 Å². The fourth-order valence-corrected chi connectivity index (χ4v) is 3.88. The molecule has 0 aliphatic heterocycles. The van der Waals surface area contributed by atoms with Crippen LogP contribution in [-0.2, 0) is 19.5 Å². The predicted octanol–water partition coefficient (Wildman–Crippen LogP) is 4.61. The van der Waals surface area contributed by atoms with Gasteiger partial charge in [0.05, 0.1) is 13.1 Å². The summed E-state index contributed by atoms with van der Waals surface area (Å²) in [5, 5.41) is 0. The summed E-state index contributed by atoms with van der Waals surface area (Å²) in [6.07, 6.45) is 6.45. The Bertz CT molecular complexity index is 782. The van der Waals surface area contributed by atoms with E-state index in [0.29, 0.717) is 6.04 Å². The third-order valence-corrected chi connectivity index (χ3v) is 5.26. The normalized spacial score (nSPS) is 12.9. The smallest absolute Gasteiger partial charge is 0.142 e. The Morgan fingerprint density at radius 1 is 0.871 bits per heavy atom. The van der Waals surface area contributed by atoms with Crippen LogP contribution in [0, 0.1) is 10.8 Å². The minimum absolute atomic E-state index is 0.0700. The molecule has 2 aromatic rings. The Hall–Kier alpha value is -1.92. The summed E-state index contributed by atoms with van der Waals surface area (Å²) in [7, 11) is 0. The summed E-state index contributed by atoms with van der Waals surface area (Å²) in [6.45, 7) is 22.7. The second kappa shape index (κ2) is 11.1. The van der Waals surface area contributed by atoms with E-state index in [4.69, 9.17) is 4.98 Å². The zero-order valence-corrected chi connectivity index (χ0v) is 20.9. The van der Waals surface area contributed by atoms with Crippen molar-refractivity contribution in [2.45, 2.75) is 80.9 Å². The van der Waals surface area contributed by atoms with Crippen molar-refractivity contribution in [3.63, 3.8) is 0 Å². The number of hydrogen-bond donors (Lipinski definition) is 0. The van der Waals surface area contributed by atoms with Gasteiger partial charge in [-0.3, -0.25) is 9.80 Å². The van der Waals surface area contributed by atoms with Crippen molar-refractivity contribution in [2.75, 3.05) is 19.6 Å². The molecule has 0 radical (unpaired) electrons. The van der Waals surface area contributed by atoms with E-state index in [-0.39, 0.29) is 10.8 Å². The Labute approximate surface area is 189 Å². The highest BCUT2D eigenvalue weighted by atomic mass is 15.2. The lowest BCUT2D eigenvalue weighted by Gasteiger charge is -2.35. The van der Waals surface area contributed by atoms with Crippen LogP contribution in [0.5, 0.6) is 0 Å². The summed E-state index contributed by atoms with van der Waals surface area (Å²) in [5.74, 6) is 1.78. The van der Waals surface area contributed by atoms with Gasteiger partial charge in [-0.15, -0.1) is 0 Å². The zero-order valence-electron chi connectivity index (χ0n) is 20.9. The lowest BCUT2D eigenvalue weighted by atomic mass is 9.86. The molecule has 31 heavy (non-hydrogen) atoms. The van der Waals surface area contributed by atoms with Crippen molar-refractivity contribution >= 4 is 0 Å². The maximum atomic E-state index is 4.92. The van der Waals surface area contributed by atoms with Gasteiger partial charge in [-0.25, -0.2) is 19.9 Å². The molecule has 0 atom stereocenters. The van der Waals surface area contributed by atoms with Crippen LogP contribution in [0.2, 0.25) is 0 Å². The number of nitrogens with zero attached hydrogens (tertiary/aromatic N) is 6. The highest BCUT2D eigenvalue weighted by Gasteiger charge is 2.25. The van der Waals surface area contributed by atoms with Crippen molar-refractivity contribution < 1.29 is 0 Å². The second-order valence-electron chi connectivity index (χ2n) is 10.8. The highest BCUT2D eigenvalue weighted by molar-refractivity contribution is 5.06.